The number of nitrogens with zero attached hydrogens (tertiary/aromatic N) is 2. The Bertz CT molecular complexity index is 1210. The molecule has 0 amide bonds. The number of thioether (sulfide) groups is 1. The van der Waals surface area contributed by atoms with Crippen LogP contribution in [-0.4, -0.2) is 28.8 Å². The Hall–Kier alpha value is -2.99. The summed E-state index contributed by atoms with van der Waals surface area (Å²) in [5.41, 5.74) is 4.20. The summed E-state index contributed by atoms with van der Waals surface area (Å²) < 4.78 is 13.8. The van der Waals surface area contributed by atoms with Crippen molar-refractivity contribution in [3.63, 3.8) is 0 Å². The number of rotatable bonds is 10. The minimum atomic E-state index is -0.132. The fraction of sp³-hybridized carbons (Fsp3) is 0.379. The zero-order valence-electron chi connectivity index (χ0n) is 21.0. The van der Waals surface area contributed by atoms with E-state index >= 15 is 0 Å². The summed E-state index contributed by atoms with van der Waals surface area (Å²) in [6, 6.07) is 14.3. The molecular weight excluding hydrogens is 456 g/mol. The van der Waals surface area contributed by atoms with Gasteiger partial charge in [-0.15, -0.1) is 0 Å². The molecule has 4 rings (SSSR count). The fourth-order valence-electron chi connectivity index (χ4n) is 4.74. The van der Waals surface area contributed by atoms with E-state index in [1.807, 2.05) is 48.1 Å². The van der Waals surface area contributed by atoms with E-state index in [0.717, 1.165) is 45.3 Å². The first-order chi connectivity index (χ1) is 16.9. The summed E-state index contributed by atoms with van der Waals surface area (Å²) in [5, 5.41) is 5.47. The predicted molar refractivity (Wildman–Crippen MR) is 142 cm³/mol. The van der Waals surface area contributed by atoms with Gasteiger partial charge in [-0.05, 0) is 75.8 Å². The molecule has 1 aliphatic carbocycles. The molecule has 1 unspecified atom stereocenters. The molecule has 35 heavy (non-hydrogen) atoms. The van der Waals surface area contributed by atoms with Gasteiger partial charge >= 0.3 is 0 Å². The van der Waals surface area contributed by atoms with Crippen molar-refractivity contribution in [3.05, 3.63) is 77.6 Å². The van der Waals surface area contributed by atoms with Crippen LogP contribution in [0.1, 0.15) is 67.3 Å². The molecule has 1 aliphatic rings. The minimum absolute atomic E-state index is 0.125. The van der Waals surface area contributed by atoms with Crippen LogP contribution in [0.4, 0.5) is 0 Å². The standard InChI is InChI=1S/C29H34N2O3S/c1-19-10-6-9-13-29(19)35-22(4)31-21(3)26(18-30-31)25(16-20(2)32)23-14-15-27(28(17-23)33-5)34-24-11-7-8-12-24/h6,9-10,13-15,17-18,24-25H,4,7-8,11-12,16H2,1-3,5H3. The van der Waals surface area contributed by atoms with Crippen molar-refractivity contribution in [2.45, 2.75) is 69.8 Å². The summed E-state index contributed by atoms with van der Waals surface area (Å²) in [4.78, 5) is 13.4. The highest BCUT2D eigenvalue weighted by Gasteiger charge is 2.25. The van der Waals surface area contributed by atoms with Crippen LogP contribution in [0, 0.1) is 13.8 Å². The van der Waals surface area contributed by atoms with Gasteiger partial charge in [-0.25, -0.2) is 4.68 Å². The highest BCUT2D eigenvalue weighted by molar-refractivity contribution is 8.08. The zero-order chi connectivity index (χ0) is 24.9. The number of benzene rings is 2. The third-order valence-corrected chi connectivity index (χ3v) is 7.74. The average Bonchev–Trinajstić information content (AvgIpc) is 3.49. The molecule has 1 atom stereocenters. The van der Waals surface area contributed by atoms with Crippen molar-refractivity contribution in [2.24, 2.45) is 0 Å². The highest BCUT2D eigenvalue weighted by Crippen LogP contribution is 2.39. The van der Waals surface area contributed by atoms with Crippen LogP contribution in [0.2, 0.25) is 0 Å². The molecule has 1 fully saturated rings. The molecule has 0 bridgehead atoms. The number of hydrogen-bond donors (Lipinski definition) is 0. The fourth-order valence-corrected chi connectivity index (χ4v) is 5.64. The van der Waals surface area contributed by atoms with E-state index in [-0.39, 0.29) is 17.8 Å². The number of hydrogen-bond acceptors (Lipinski definition) is 5. The van der Waals surface area contributed by atoms with Crippen molar-refractivity contribution in [3.8, 4) is 11.5 Å². The molecule has 2 aromatic carbocycles. The molecule has 0 aliphatic heterocycles. The maximum Gasteiger partial charge on any atom is 0.161 e. The third-order valence-electron chi connectivity index (χ3n) is 6.66. The van der Waals surface area contributed by atoms with Gasteiger partial charge in [0.05, 0.1) is 24.4 Å². The number of aromatic nitrogens is 2. The van der Waals surface area contributed by atoms with Crippen LogP contribution in [0.25, 0.3) is 5.03 Å². The number of aryl methyl sites for hydroxylation is 1. The van der Waals surface area contributed by atoms with E-state index in [0.29, 0.717) is 12.2 Å². The molecular formula is C29H34N2O3S. The largest absolute Gasteiger partial charge is 0.493 e. The first kappa shape index (κ1) is 25.1. The third kappa shape index (κ3) is 5.81. The maximum atomic E-state index is 12.3. The Morgan fingerprint density at radius 2 is 1.91 bits per heavy atom. The normalized spacial score (nSPS) is 14.6. The van der Waals surface area contributed by atoms with Gasteiger partial charge in [0.25, 0.3) is 0 Å². The molecule has 184 valence electrons. The molecule has 1 heterocycles. The van der Waals surface area contributed by atoms with Gasteiger partial charge in [0.15, 0.2) is 11.5 Å². The molecule has 1 saturated carbocycles. The quantitative estimate of drug-likeness (QED) is 0.282. The number of carbonyl (C=O) groups is 1. The van der Waals surface area contributed by atoms with Gasteiger partial charge in [0, 0.05) is 28.5 Å². The van der Waals surface area contributed by atoms with Crippen LogP contribution >= 0.6 is 11.8 Å². The van der Waals surface area contributed by atoms with Crippen molar-refractivity contribution in [1.29, 1.82) is 0 Å². The van der Waals surface area contributed by atoms with Crippen molar-refractivity contribution in [1.82, 2.24) is 9.78 Å². The lowest BCUT2D eigenvalue weighted by molar-refractivity contribution is -0.117. The molecule has 3 aromatic rings. The first-order valence-electron chi connectivity index (χ1n) is 12.2. The van der Waals surface area contributed by atoms with Crippen LogP contribution in [0.3, 0.4) is 0 Å². The Kier molecular flexibility index (Phi) is 8.01. The van der Waals surface area contributed by atoms with Gasteiger partial charge in [-0.3, -0.25) is 4.79 Å². The molecule has 5 nitrogen and oxygen atoms in total. The van der Waals surface area contributed by atoms with E-state index in [1.165, 1.54) is 18.4 Å². The summed E-state index contributed by atoms with van der Waals surface area (Å²) in [6.07, 6.45) is 7.09. The maximum absolute atomic E-state index is 12.3. The average molecular weight is 491 g/mol. The van der Waals surface area contributed by atoms with E-state index in [1.54, 1.807) is 25.8 Å². The second kappa shape index (κ2) is 11.2. The highest BCUT2D eigenvalue weighted by atomic mass is 32.2. The van der Waals surface area contributed by atoms with Crippen molar-refractivity contribution < 1.29 is 14.3 Å². The number of ketones is 1. The lowest BCUT2D eigenvalue weighted by atomic mass is 9.87. The topological polar surface area (TPSA) is 53.4 Å². The van der Waals surface area contributed by atoms with E-state index in [9.17, 15) is 4.79 Å². The lowest BCUT2D eigenvalue weighted by Crippen LogP contribution is -2.12. The summed E-state index contributed by atoms with van der Waals surface area (Å²) in [7, 11) is 1.66. The minimum Gasteiger partial charge on any atom is -0.493 e. The summed E-state index contributed by atoms with van der Waals surface area (Å²) >= 11 is 1.60. The van der Waals surface area contributed by atoms with Gasteiger partial charge in [-0.1, -0.05) is 42.6 Å². The molecule has 1 aromatic heterocycles. The van der Waals surface area contributed by atoms with E-state index < -0.39 is 0 Å². The Morgan fingerprint density at radius 1 is 1.17 bits per heavy atom. The van der Waals surface area contributed by atoms with Gasteiger partial charge < -0.3 is 9.47 Å². The summed E-state index contributed by atoms with van der Waals surface area (Å²) in [5.74, 6) is 1.46. The van der Waals surface area contributed by atoms with Crippen LogP contribution in [0.5, 0.6) is 11.5 Å². The monoisotopic (exact) mass is 490 g/mol. The SMILES string of the molecule is C=C(Sc1ccccc1C)n1ncc(C(CC(C)=O)c2ccc(OC3CCCC3)c(OC)c2)c1C. The Balaban J connectivity index is 1.62. The molecule has 0 saturated heterocycles. The molecule has 0 spiro atoms. The Morgan fingerprint density at radius 3 is 2.60 bits per heavy atom. The zero-order valence-corrected chi connectivity index (χ0v) is 21.9. The lowest BCUT2D eigenvalue weighted by Gasteiger charge is -2.20. The number of ether oxygens (including phenoxy) is 2. The molecule has 0 N–H and O–H groups in total. The van der Waals surface area contributed by atoms with E-state index in [4.69, 9.17) is 9.47 Å². The number of methoxy groups -OCH3 is 1. The predicted octanol–water partition coefficient (Wildman–Crippen LogP) is 7.16. The van der Waals surface area contributed by atoms with Crippen molar-refractivity contribution >= 4 is 22.6 Å². The smallest absolute Gasteiger partial charge is 0.161 e. The van der Waals surface area contributed by atoms with Crippen LogP contribution in [-0.2, 0) is 4.79 Å². The van der Waals surface area contributed by atoms with Crippen molar-refractivity contribution in [2.75, 3.05) is 7.11 Å². The van der Waals surface area contributed by atoms with Gasteiger partial charge in [0.1, 0.15) is 5.78 Å². The summed E-state index contributed by atoms with van der Waals surface area (Å²) in [6.45, 7) is 10.0. The molecule has 0 radical (unpaired) electrons. The second-order valence-corrected chi connectivity index (χ2v) is 10.4. The number of Topliss-reactive ketones (excluding diaryl/α,β-unsaturated/α-hetero) is 1. The van der Waals surface area contributed by atoms with Gasteiger partial charge in [0.2, 0.25) is 0 Å². The first-order valence-corrected chi connectivity index (χ1v) is 13.0. The van der Waals surface area contributed by atoms with Crippen LogP contribution < -0.4 is 9.47 Å². The van der Waals surface area contributed by atoms with Crippen LogP contribution in [0.15, 0.2) is 60.1 Å². The molecule has 6 heteroatoms. The Labute approximate surface area is 212 Å². The van der Waals surface area contributed by atoms with Gasteiger partial charge in [-0.2, -0.15) is 5.10 Å². The number of carbonyl (C=O) groups excluding carboxylic acids is 1. The van der Waals surface area contributed by atoms with E-state index in [2.05, 4.69) is 30.7 Å². The second-order valence-electron chi connectivity index (χ2n) is 9.25.